The molecule has 0 N–H and O–H groups in total. The van der Waals surface area contributed by atoms with Crippen LogP contribution in [0.3, 0.4) is 0 Å². The van der Waals surface area contributed by atoms with Crippen LogP contribution in [0.25, 0.3) is 0 Å². The van der Waals surface area contributed by atoms with Gasteiger partial charge >= 0.3 is 0 Å². The largest absolute Gasteiger partial charge is 0.341 e. The van der Waals surface area contributed by atoms with Gasteiger partial charge in [-0.15, -0.1) is 11.6 Å². The minimum absolute atomic E-state index is 0.151. The molecule has 1 rings (SSSR count). The summed E-state index contributed by atoms with van der Waals surface area (Å²) < 4.78 is 0. The Morgan fingerprint density at radius 1 is 1.29 bits per heavy atom. The molecule has 0 spiro atoms. The molecule has 0 aromatic heterocycles. The summed E-state index contributed by atoms with van der Waals surface area (Å²) in [5.74, 6) is 0.489. The average Bonchev–Trinajstić information content (AvgIpc) is 2.71. The highest BCUT2D eigenvalue weighted by molar-refractivity contribution is 6.30. The molecule has 3 heteroatoms. The van der Waals surface area contributed by atoms with E-state index in [9.17, 15) is 4.79 Å². The van der Waals surface area contributed by atoms with Gasteiger partial charge in [0, 0.05) is 13.1 Å². The van der Waals surface area contributed by atoms with E-state index >= 15 is 0 Å². The molecular formula is C11H20ClNO. The van der Waals surface area contributed by atoms with Gasteiger partial charge in [-0.05, 0) is 18.8 Å². The monoisotopic (exact) mass is 217 g/mol. The van der Waals surface area contributed by atoms with Crippen LogP contribution in [0.15, 0.2) is 0 Å². The molecule has 1 unspecified atom stereocenters. The van der Waals surface area contributed by atoms with Gasteiger partial charge in [0.2, 0.25) is 5.91 Å². The van der Waals surface area contributed by atoms with E-state index in [4.69, 9.17) is 11.6 Å². The quantitative estimate of drug-likeness (QED) is 0.663. The third-order valence-electron chi connectivity index (χ3n) is 3.12. The number of likely N-dealkylation sites (tertiary alicyclic amines) is 1. The number of hydrogen-bond donors (Lipinski definition) is 0. The Bertz CT molecular complexity index is 186. The number of rotatable bonds is 4. The molecule has 82 valence electrons. The molecule has 1 amide bonds. The lowest BCUT2D eigenvalue weighted by molar-refractivity contribution is -0.130. The Morgan fingerprint density at radius 2 is 1.79 bits per heavy atom. The third-order valence-corrected chi connectivity index (χ3v) is 3.66. The summed E-state index contributed by atoms with van der Waals surface area (Å²) in [5, 5.41) is -0.303. The minimum atomic E-state index is -0.303. The molecule has 0 aromatic rings. The van der Waals surface area contributed by atoms with Crippen LogP contribution < -0.4 is 0 Å². The van der Waals surface area contributed by atoms with Gasteiger partial charge in [0.25, 0.3) is 0 Å². The summed E-state index contributed by atoms with van der Waals surface area (Å²) in [4.78, 5) is 13.8. The first-order valence-electron chi connectivity index (χ1n) is 5.63. The number of nitrogens with zero attached hydrogens (tertiary/aromatic N) is 1. The van der Waals surface area contributed by atoms with E-state index < -0.39 is 0 Å². The summed E-state index contributed by atoms with van der Waals surface area (Å²) in [6.07, 6.45) is 4.25. The van der Waals surface area contributed by atoms with Crippen LogP contribution in [-0.2, 0) is 4.79 Å². The molecule has 1 saturated heterocycles. The number of amides is 1. The van der Waals surface area contributed by atoms with Gasteiger partial charge < -0.3 is 4.90 Å². The first-order valence-corrected chi connectivity index (χ1v) is 6.07. The van der Waals surface area contributed by atoms with Crippen molar-refractivity contribution in [2.45, 2.75) is 44.9 Å². The molecule has 1 fully saturated rings. The topological polar surface area (TPSA) is 20.3 Å². The highest BCUT2D eigenvalue weighted by Crippen LogP contribution is 2.22. The molecule has 1 aliphatic heterocycles. The van der Waals surface area contributed by atoms with Crippen molar-refractivity contribution in [2.24, 2.45) is 5.92 Å². The molecule has 2 nitrogen and oxygen atoms in total. The number of carbonyl (C=O) groups is 1. The Labute approximate surface area is 91.6 Å². The maximum atomic E-state index is 11.9. The van der Waals surface area contributed by atoms with Crippen LogP contribution >= 0.6 is 11.6 Å². The number of hydrogen-bond acceptors (Lipinski definition) is 1. The molecule has 14 heavy (non-hydrogen) atoms. The molecule has 1 atom stereocenters. The molecular weight excluding hydrogens is 198 g/mol. The van der Waals surface area contributed by atoms with Crippen molar-refractivity contribution in [2.75, 3.05) is 13.1 Å². The Morgan fingerprint density at radius 3 is 2.21 bits per heavy atom. The van der Waals surface area contributed by atoms with E-state index in [1.54, 1.807) is 0 Å². The molecule has 0 aliphatic carbocycles. The fraction of sp³-hybridized carbons (Fsp3) is 0.909. The molecule has 0 saturated carbocycles. The SMILES string of the molecule is CCC(CC)C(Cl)C(=O)N1CCCC1. The number of carbonyl (C=O) groups excluding carboxylic acids is 1. The van der Waals surface area contributed by atoms with Gasteiger partial charge in [0.1, 0.15) is 5.38 Å². The van der Waals surface area contributed by atoms with Crippen LogP contribution in [-0.4, -0.2) is 29.3 Å². The second-order valence-corrected chi connectivity index (χ2v) is 4.48. The molecule has 1 aliphatic rings. The van der Waals surface area contributed by atoms with Crippen molar-refractivity contribution in [3.63, 3.8) is 0 Å². The summed E-state index contributed by atoms with van der Waals surface area (Å²) in [6, 6.07) is 0. The second-order valence-electron chi connectivity index (χ2n) is 4.01. The van der Waals surface area contributed by atoms with E-state index in [-0.39, 0.29) is 11.3 Å². The van der Waals surface area contributed by atoms with Crippen molar-refractivity contribution in [3.8, 4) is 0 Å². The summed E-state index contributed by atoms with van der Waals surface area (Å²) >= 11 is 6.19. The molecule has 0 bridgehead atoms. The van der Waals surface area contributed by atoms with Crippen molar-refractivity contribution < 1.29 is 4.79 Å². The van der Waals surface area contributed by atoms with Gasteiger partial charge in [-0.3, -0.25) is 4.79 Å². The lowest BCUT2D eigenvalue weighted by atomic mass is 9.98. The van der Waals surface area contributed by atoms with E-state index in [0.717, 1.165) is 38.8 Å². The van der Waals surface area contributed by atoms with Gasteiger partial charge in [-0.1, -0.05) is 26.7 Å². The lowest BCUT2D eigenvalue weighted by Crippen LogP contribution is -2.37. The maximum Gasteiger partial charge on any atom is 0.240 e. The lowest BCUT2D eigenvalue weighted by Gasteiger charge is -2.23. The Balaban J connectivity index is 2.49. The fourth-order valence-electron chi connectivity index (χ4n) is 2.02. The van der Waals surface area contributed by atoms with E-state index in [1.807, 2.05) is 4.90 Å². The van der Waals surface area contributed by atoms with Crippen LogP contribution in [0.4, 0.5) is 0 Å². The van der Waals surface area contributed by atoms with Crippen molar-refractivity contribution >= 4 is 17.5 Å². The van der Waals surface area contributed by atoms with Gasteiger partial charge in [-0.25, -0.2) is 0 Å². The zero-order chi connectivity index (χ0) is 10.6. The third kappa shape index (κ3) is 2.63. The maximum absolute atomic E-state index is 11.9. The first-order chi connectivity index (χ1) is 6.70. The zero-order valence-corrected chi connectivity index (χ0v) is 9.89. The average molecular weight is 218 g/mol. The predicted molar refractivity (Wildman–Crippen MR) is 59.5 cm³/mol. The summed E-state index contributed by atoms with van der Waals surface area (Å²) in [5.41, 5.74) is 0. The van der Waals surface area contributed by atoms with Gasteiger partial charge in [0.05, 0.1) is 0 Å². The highest BCUT2D eigenvalue weighted by Gasteiger charge is 2.29. The smallest absolute Gasteiger partial charge is 0.240 e. The van der Waals surface area contributed by atoms with Crippen LogP contribution in [0.2, 0.25) is 0 Å². The Kier molecular flexibility index (Phi) is 4.73. The zero-order valence-electron chi connectivity index (χ0n) is 9.13. The standard InChI is InChI=1S/C11H20ClNO/c1-3-9(4-2)10(12)11(14)13-7-5-6-8-13/h9-10H,3-8H2,1-2H3. The van der Waals surface area contributed by atoms with E-state index in [0.29, 0.717) is 5.92 Å². The minimum Gasteiger partial charge on any atom is -0.341 e. The normalized spacial score (nSPS) is 19.0. The first kappa shape index (κ1) is 11.8. The molecule has 0 radical (unpaired) electrons. The predicted octanol–water partition coefficient (Wildman–Crippen LogP) is 2.65. The van der Waals surface area contributed by atoms with Crippen LogP contribution in [0.1, 0.15) is 39.5 Å². The van der Waals surface area contributed by atoms with Crippen LogP contribution in [0.5, 0.6) is 0 Å². The highest BCUT2D eigenvalue weighted by atomic mass is 35.5. The summed E-state index contributed by atoms with van der Waals surface area (Å²) in [7, 11) is 0. The fourth-order valence-corrected chi connectivity index (χ4v) is 2.51. The van der Waals surface area contributed by atoms with Crippen molar-refractivity contribution in [3.05, 3.63) is 0 Å². The second kappa shape index (κ2) is 5.59. The number of alkyl halides is 1. The molecule has 0 aromatic carbocycles. The van der Waals surface area contributed by atoms with Gasteiger partial charge in [-0.2, -0.15) is 0 Å². The number of halogens is 1. The van der Waals surface area contributed by atoms with E-state index in [1.165, 1.54) is 0 Å². The van der Waals surface area contributed by atoms with Crippen molar-refractivity contribution in [1.82, 2.24) is 4.90 Å². The molecule has 1 heterocycles. The van der Waals surface area contributed by atoms with Crippen molar-refractivity contribution in [1.29, 1.82) is 0 Å². The van der Waals surface area contributed by atoms with E-state index in [2.05, 4.69) is 13.8 Å². The summed E-state index contributed by atoms with van der Waals surface area (Å²) in [6.45, 7) is 6.01. The Hall–Kier alpha value is -0.240. The van der Waals surface area contributed by atoms with Crippen LogP contribution in [0, 0.1) is 5.92 Å². The van der Waals surface area contributed by atoms with Gasteiger partial charge in [0.15, 0.2) is 0 Å².